The summed E-state index contributed by atoms with van der Waals surface area (Å²) < 4.78 is 0. The first-order valence-electron chi connectivity index (χ1n) is 8.39. The molecule has 1 saturated heterocycles. The van der Waals surface area contributed by atoms with Crippen molar-refractivity contribution in [2.75, 3.05) is 33.2 Å². The van der Waals surface area contributed by atoms with Crippen molar-refractivity contribution in [1.29, 1.82) is 0 Å². The number of likely N-dealkylation sites (N-methyl/N-ethyl adjacent to an activating group) is 1. The van der Waals surface area contributed by atoms with E-state index in [1.165, 1.54) is 45.4 Å². The van der Waals surface area contributed by atoms with Crippen LogP contribution < -0.4 is 5.32 Å². The van der Waals surface area contributed by atoms with Crippen molar-refractivity contribution in [3.8, 4) is 0 Å². The summed E-state index contributed by atoms with van der Waals surface area (Å²) in [5.41, 5.74) is 0.833. The lowest BCUT2D eigenvalue weighted by Gasteiger charge is -2.50. The van der Waals surface area contributed by atoms with Gasteiger partial charge in [-0.2, -0.15) is 0 Å². The summed E-state index contributed by atoms with van der Waals surface area (Å²) in [6.45, 7) is 16.8. The highest BCUT2D eigenvalue weighted by atomic mass is 15.3. The quantitative estimate of drug-likeness (QED) is 0.839. The van der Waals surface area contributed by atoms with E-state index in [1.807, 2.05) is 0 Å². The highest BCUT2D eigenvalue weighted by molar-refractivity contribution is 4.96. The zero-order valence-corrected chi connectivity index (χ0v) is 14.5. The second-order valence-electron chi connectivity index (χ2n) is 8.56. The van der Waals surface area contributed by atoms with Gasteiger partial charge in [0, 0.05) is 43.8 Å². The predicted octanol–water partition coefficient (Wildman–Crippen LogP) is 2.57. The molecule has 3 heteroatoms. The van der Waals surface area contributed by atoms with Crippen molar-refractivity contribution in [3.63, 3.8) is 0 Å². The average molecular weight is 281 g/mol. The predicted molar refractivity (Wildman–Crippen MR) is 87.2 cm³/mol. The van der Waals surface area contributed by atoms with Gasteiger partial charge >= 0.3 is 0 Å². The molecule has 0 bridgehead atoms. The minimum Gasteiger partial charge on any atom is -0.315 e. The maximum atomic E-state index is 3.58. The number of rotatable bonds is 2. The summed E-state index contributed by atoms with van der Waals surface area (Å²) in [6.07, 6.45) is 4.03. The summed E-state index contributed by atoms with van der Waals surface area (Å²) >= 11 is 0. The van der Waals surface area contributed by atoms with Crippen LogP contribution in [0.1, 0.15) is 53.9 Å². The molecule has 2 rings (SSSR count). The van der Waals surface area contributed by atoms with Gasteiger partial charge < -0.3 is 5.32 Å². The first-order valence-corrected chi connectivity index (χ1v) is 8.39. The Kier molecular flexibility index (Phi) is 4.83. The third-order valence-corrected chi connectivity index (χ3v) is 5.46. The third kappa shape index (κ3) is 3.75. The van der Waals surface area contributed by atoms with Crippen LogP contribution in [0.5, 0.6) is 0 Å². The van der Waals surface area contributed by atoms with Gasteiger partial charge in [0.05, 0.1) is 0 Å². The zero-order valence-electron chi connectivity index (χ0n) is 14.5. The lowest BCUT2D eigenvalue weighted by Crippen LogP contribution is -2.61. The molecule has 2 unspecified atom stereocenters. The smallest absolute Gasteiger partial charge is 0.0255 e. The number of nitrogens with one attached hydrogen (secondary N) is 1. The van der Waals surface area contributed by atoms with E-state index >= 15 is 0 Å². The zero-order chi connectivity index (χ0) is 15.0. The van der Waals surface area contributed by atoms with Crippen molar-refractivity contribution in [2.24, 2.45) is 5.41 Å². The van der Waals surface area contributed by atoms with Gasteiger partial charge in [0.15, 0.2) is 0 Å². The summed E-state index contributed by atoms with van der Waals surface area (Å²) in [4.78, 5) is 5.39. The molecule has 1 heterocycles. The van der Waals surface area contributed by atoms with E-state index in [9.17, 15) is 0 Å². The van der Waals surface area contributed by atoms with Crippen molar-refractivity contribution in [1.82, 2.24) is 15.1 Å². The molecule has 0 radical (unpaired) electrons. The van der Waals surface area contributed by atoms with E-state index in [0.717, 1.165) is 6.04 Å². The SMILES string of the molecule is CNC1CCC(C)(C)CC1N1CCN(C(C)(C)C)CC1. The van der Waals surface area contributed by atoms with Gasteiger partial charge in [0.1, 0.15) is 0 Å². The molecule has 1 N–H and O–H groups in total. The van der Waals surface area contributed by atoms with E-state index in [-0.39, 0.29) is 0 Å². The fourth-order valence-corrected chi connectivity index (χ4v) is 3.99. The molecule has 20 heavy (non-hydrogen) atoms. The summed E-state index contributed by atoms with van der Waals surface area (Å²) in [5.74, 6) is 0. The first kappa shape index (κ1) is 16.3. The number of hydrogen-bond donors (Lipinski definition) is 1. The molecule has 0 aromatic heterocycles. The van der Waals surface area contributed by atoms with E-state index in [2.05, 4.69) is 56.8 Å². The number of hydrogen-bond acceptors (Lipinski definition) is 3. The topological polar surface area (TPSA) is 18.5 Å². The van der Waals surface area contributed by atoms with Crippen LogP contribution in [0.3, 0.4) is 0 Å². The molecule has 2 fully saturated rings. The highest BCUT2D eigenvalue weighted by Crippen LogP contribution is 2.37. The average Bonchev–Trinajstić information content (AvgIpc) is 2.37. The summed E-state index contributed by atoms with van der Waals surface area (Å²) in [7, 11) is 2.14. The van der Waals surface area contributed by atoms with Crippen LogP contribution in [0, 0.1) is 5.41 Å². The molecule has 0 amide bonds. The Hall–Kier alpha value is -0.120. The van der Waals surface area contributed by atoms with Crippen molar-refractivity contribution >= 4 is 0 Å². The molecular weight excluding hydrogens is 246 g/mol. The van der Waals surface area contributed by atoms with E-state index < -0.39 is 0 Å². The molecule has 1 aliphatic heterocycles. The van der Waals surface area contributed by atoms with E-state index in [1.54, 1.807) is 0 Å². The minimum atomic E-state index is 0.320. The monoisotopic (exact) mass is 281 g/mol. The van der Waals surface area contributed by atoms with Gasteiger partial charge in [-0.3, -0.25) is 9.80 Å². The molecule has 3 nitrogen and oxygen atoms in total. The van der Waals surface area contributed by atoms with Crippen LogP contribution in [-0.2, 0) is 0 Å². The van der Waals surface area contributed by atoms with Crippen molar-refractivity contribution in [2.45, 2.75) is 71.5 Å². The van der Waals surface area contributed by atoms with Gasteiger partial charge in [0.25, 0.3) is 0 Å². The molecule has 2 aliphatic rings. The van der Waals surface area contributed by atoms with Crippen LogP contribution in [0.25, 0.3) is 0 Å². The molecule has 1 saturated carbocycles. The molecule has 2 atom stereocenters. The molecule has 0 spiro atoms. The van der Waals surface area contributed by atoms with Gasteiger partial charge in [-0.15, -0.1) is 0 Å². The van der Waals surface area contributed by atoms with Gasteiger partial charge in [0.2, 0.25) is 0 Å². The standard InChI is InChI=1S/C17H35N3/c1-16(2,3)20-11-9-19(10-12-20)15-13-17(4,5)8-7-14(15)18-6/h14-15,18H,7-13H2,1-6H3. The van der Waals surface area contributed by atoms with Gasteiger partial charge in [-0.1, -0.05) is 13.8 Å². The first-order chi connectivity index (χ1) is 9.23. The van der Waals surface area contributed by atoms with Crippen LogP contribution in [-0.4, -0.2) is 60.6 Å². The number of nitrogens with zero attached hydrogens (tertiary/aromatic N) is 2. The van der Waals surface area contributed by atoms with E-state index in [4.69, 9.17) is 0 Å². The highest BCUT2D eigenvalue weighted by Gasteiger charge is 2.39. The Morgan fingerprint density at radius 1 is 1.05 bits per heavy atom. The maximum absolute atomic E-state index is 3.58. The lowest BCUT2D eigenvalue weighted by molar-refractivity contribution is 0.00503. The van der Waals surface area contributed by atoms with Crippen LogP contribution in [0.15, 0.2) is 0 Å². The van der Waals surface area contributed by atoms with Gasteiger partial charge in [-0.25, -0.2) is 0 Å². The Balaban J connectivity index is 1.97. The Labute approximate surface area is 126 Å². The van der Waals surface area contributed by atoms with Crippen LogP contribution >= 0.6 is 0 Å². The third-order valence-electron chi connectivity index (χ3n) is 5.46. The second kappa shape index (κ2) is 5.94. The fraction of sp³-hybridized carbons (Fsp3) is 1.00. The van der Waals surface area contributed by atoms with Crippen LogP contribution in [0.4, 0.5) is 0 Å². The largest absolute Gasteiger partial charge is 0.315 e. The van der Waals surface area contributed by atoms with Crippen molar-refractivity contribution in [3.05, 3.63) is 0 Å². The summed E-state index contributed by atoms with van der Waals surface area (Å²) in [5, 5.41) is 3.58. The van der Waals surface area contributed by atoms with Gasteiger partial charge in [-0.05, 0) is 52.5 Å². The Morgan fingerprint density at radius 3 is 2.15 bits per heavy atom. The normalized spacial score (nSPS) is 33.3. The van der Waals surface area contributed by atoms with E-state index in [0.29, 0.717) is 17.0 Å². The Bertz CT molecular complexity index is 311. The lowest BCUT2D eigenvalue weighted by atomic mass is 9.72. The second-order valence-corrected chi connectivity index (χ2v) is 8.56. The molecule has 118 valence electrons. The van der Waals surface area contributed by atoms with Crippen molar-refractivity contribution < 1.29 is 0 Å². The molecule has 1 aliphatic carbocycles. The number of piperazine rings is 1. The fourth-order valence-electron chi connectivity index (χ4n) is 3.99. The Morgan fingerprint density at radius 2 is 1.65 bits per heavy atom. The van der Waals surface area contributed by atoms with Crippen LogP contribution in [0.2, 0.25) is 0 Å². The maximum Gasteiger partial charge on any atom is 0.0255 e. The summed E-state index contributed by atoms with van der Waals surface area (Å²) in [6, 6.07) is 1.41. The molecule has 0 aromatic carbocycles. The molecule has 0 aromatic rings. The molecular formula is C17H35N3. The minimum absolute atomic E-state index is 0.320.